The fourth-order valence-electron chi connectivity index (χ4n) is 5.43. The molecule has 0 N–H and O–H groups in total. The molecule has 0 bridgehead atoms. The van der Waals surface area contributed by atoms with Gasteiger partial charge in [-0.3, -0.25) is 0 Å². The third-order valence-electron chi connectivity index (χ3n) is 7.05. The monoisotopic (exact) mass is 453 g/mol. The highest BCUT2D eigenvalue weighted by atomic mass is 15.1. The van der Waals surface area contributed by atoms with E-state index in [1.165, 1.54) is 39.1 Å². The van der Waals surface area contributed by atoms with Crippen LogP contribution >= 0.6 is 0 Å². The Labute approximate surface area is 209 Å². The second-order valence-corrected chi connectivity index (χ2v) is 9.01. The summed E-state index contributed by atoms with van der Waals surface area (Å²) >= 11 is 0. The van der Waals surface area contributed by atoms with Crippen molar-refractivity contribution in [3.05, 3.63) is 168 Å². The second kappa shape index (κ2) is 10.0. The maximum atomic E-state index is 4.32. The van der Waals surface area contributed by atoms with E-state index in [0.717, 1.165) is 13.0 Å². The summed E-state index contributed by atoms with van der Waals surface area (Å²) in [6.07, 6.45) is 7.64. The van der Waals surface area contributed by atoms with E-state index in [-0.39, 0.29) is 5.41 Å². The number of rotatable bonds is 8. The fourth-order valence-corrected chi connectivity index (χ4v) is 5.43. The first-order valence-electron chi connectivity index (χ1n) is 12.3. The van der Waals surface area contributed by atoms with Crippen molar-refractivity contribution in [3.8, 4) is 0 Å². The minimum atomic E-state index is -0.388. The van der Waals surface area contributed by atoms with Gasteiger partial charge in [-0.1, -0.05) is 128 Å². The molecule has 1 nitrogen and oxygen atoms in total. The highest BCUT2D eigenvalue weighted by molar-refractivity contribution is 5.91. The summed E-state index contributed by atoms with van der Waals surface area (Å²) in [5.74, 6) is 0. The summed E-state index contributed by atoms with van der Waals surface area (Å²) in [5.41, 5.74) is 8.47. The van der Waals surface area contributed by atoms with Gasteiger partial charge in [-0.25, -0.2) is 0 Å². The smallest absolute Gasteiger partial charge is 0.0713 e. The lowest BCUT2D eigenvalue weighted by Crippen LogP contribution is -2.29. The number of fused-ring (bicyclic) bond motifs is 1. The van der Waals surface area contributed by atoms with Crippen molar-refractivity contribution >= 4 is 11.3 Å². The van der Waals surface area contributed by atoms with Crippen molar-refractivity contribution in [2.75, 3.05) is 18.5 Å². The van der Waals surface area contributed by atoms with E-state index in [4.69, 9.17) is 0 Å². The number of hydrogen-bond donors (Lipinski definition) is 0. The maximum absolute atomic E-state index is 4.32. The molecule has 0 atom stereocenters. The Hall–Kier alpha value is -4.10. The quantitative estimate of drug-likeness (QED) is 0.261. The maximum Gasteiger partial charge on any atom is 0.0713 e. The average Bonchev–Trinajstić information content (AvgIpc) is 3.22. The lowest BCUT2D eigenvalue weighted by Gasteiger charge is -2.34. The zero-order valence-electron chi connectivity index (χ0n) is 20.3. The number of hydrogen-bond acceptors (Lipinski definition) is 1. The third kappa shape index (κ3) is 4.04. The molecule has 35 heavy (non-hydrogen) atoms. The molecule has 172 valence electrons. The minimum Gasteiger partial charge on any atom is -0.374 e. The number of nitrogens with zero attached hydrogens (tertiary/aromatic N) is 1. The first kappa shape index (κ1) is 22.7. The van der Waals surface area contributed by atoms with E-state index in [9.17, 15) is 0 Å². The molecule has 0 unspecified atom stereocenters. The molecule has 5 rings (SSSR count). The van der Waals surface area contributed by atoms with Crippen LogP contribution in [0.1, 0.15) is 28.7 Å². The molecule has 0 saturated heterocycles. The van der Waals surface area contributed by atoms with Crippen LogP contribution in [-0.4, -0.2) is 13.6 Å². The number of anilines is 1. The van der Waals surface area contributed by atoms with Crippen LogP contribution in [0.5, 0.6) is 0 Å². The molecule has 4 aromatic rings. The van der Waals surface area contributed by atoms with E-state index in [2.05, 4.69) is 152 Å². The summed E-state index contributed by atoms with van der Waals surface area (Å²) < 4.78 is 0. The molecule has 1 heteroatoms. The van der Waals surface area contributed by atoms with Gasteiger partial charge in [0.15, 0.2) is 0 Å². The lowest BCUT2D eigenvalue weighted by atomic mass is 9.67. The minimum absolute atomic E-state index is 0.388. The molecule has 0 spiro atoms. The van der Waals surface area contributed by atoms with E-state index < -0.39 is 0 Å². The molecule has 1 aliphatic rings. The molecule has 1 aliphatic carbocycles. The van der Waals surface area contributed by atoms with Crippen LogP contribution in [0.15, 0.2) is 146 Å². The number of para-hydroxylation sites is 1. The SMILES string of the molecule is C=CC1=C(/C=C\CCN(C)c2ccccc2)c2ccccc2C1(c1ccccc1)c1ccccc1. The van der Waals surface area contributed by atoms with Crippen LogP contribution in [0.4, 0.5) is 5.69 Å². The summed E-state index contributed by atoms with van der Waals surface area (Å²) in [4.78, 5) is 2.30. The van der Waals surface area contributed by atoms with Gasteiger partial charge in [0.1, 0.15) is 0 Å². The summed E-state index contributed by atoms with van der Waals surface area (Å²) in [5, 5.41) is 0. The van der Waals surface area contributed by atoms with Gasteiger partial charge in [-0.2, -0.15) is 0 Å². The van der Waals surface area contributed by atoms with Gasteiger partial charge in [0.25, 0.3) is 0 Å². The highest BCUT2D eigenvalue weighted by Gasteiger charge is 2.45. The van der Waals surface area contributed by atoms with Crippen molar-refractivity contribution in [2.45, 2.75) is 11.8 Å². The fraction of sp³-hybridized carbons (Fsp3) is 0.118. The number of benzene rings is 4. The van der Waals surface area contributed by atoms with Crippen LogP contribution < -0.4 is 4.90 Å². The lowest BCUT2D eigenvalue weighted by molar-refractivity contribution is 0.762. The topological polar surface area (TPSA) is 3.24 Å². The van der Waals surface area contributed by atoms with Crippen LogP contribution in [0.2, 0.25) is 0 Å². The first-order chi connectivity index (χ1) is 17.3. The van der Waals surface area contributed by atoms with Crippen molar-refractivity contribution in [1.82, 2.24) is 0 Å². The van der Waals surface area contributed by atoms with Crippen molar-refractivity contribution in [3.63, 3.8) is 0 Å². The molecule has 0 radical (unpaired) electrons. The Morgan fingerprint density at radius 2 is 1.26 bits per heavy atom. The molecular weight excluding hydrogens is 422 g/mol. The predicted molar refractivity (Wildman–Crippen MR) is 150 cm³/mol. The van der Waals surface area contributed by atoms with Crippen molar-refractivity contribution < 1.29 is 0 Å². The van der Waals surface area contributed by atoms with E-state index in [1.807, 2.05) is 0 Å². The van der Waals surface area contributed by atoms with Crippen molar-refractivity contribution in [2.24, 2.45) is 0 Å². The van der Waals surface area contributed by atoms with Crippen LogP contribution in [0.3, 0.4) is 0 Å². The predicted octanol–water partition coefficient (Wildman–Crippen LogP) is 8.06. The molecule has 0 fully saturated rings. The molecular formula is C34H31N. The Morgan fingerprint density at radius 3 is 1.86 bits per heavy atom. The van der Waals surface area contributed by atoms with Crippen LogP contribution in [0, 0.1) is 0 Å². The zero-order valence-corrected chi connectivity index (χ0v) is 20.3. The van der Waals surface area contributed by atoms with Gasteiger partial charge in [0.05, 0.1) is 5.41 Å². The van der Waals surface area contributed by atoms with Gasteiger partial charge < -0.3 is 4.90 Å². The molecule has 0 saturated carbocycles. The average molecular weight is 454 g/mol. The normalized spacial score (nSPS) is 14.2. The van der Waals surface area contributed by atoms with Gasteiger partial charge in [0.2, 0.25) is 0 Å². The van der Waals surface area contributed by atoms with Crippen LogP contribution in [-0.2, 0) is 5.41 Å². The van der Waals surface area contributed by atoms with E-state index in [1.54, 1.807) is 0 Å². The summed E-state index contributed by atoms with van der Waals surface area (Å²) in [6.45, 7) is 5.28. The number of allylic oxidation sites excluding steroid dienone is 4. The Kier molecular flexibility index (Phi) is 6.50. The van der Waals surface area contributed by atoms with Gasteiger partial charge >= 0.3 is 0 Å². The Balaban J connectivity index is 1.59. The third-order valence-corrected chi connectivity index (χ3v) is 7.05. The van der Waals surface area contributed by atoms with Gasteiger partial charge in [-0.05, 0) is 52.0 Å². The standard InChI is InChI=1S/C34H31N/c1-3-32-30(24-15-16-26-35(2)29-21-11-6-12-22-29)31-23-13-14-25-33(31)34(32,27-17-7-4-8-18-27)28-19-9-5-10-20-28/h3-15,17-25H,1,16,26H2,2H3/b24-15-. The van der Waals surface area contributed by atoms with Crippen molar-refractivity contribution in [1.29, 1.82) is 0 Å². The van der Waals surface area contributed by atoms with E-state index >= 15 is 0 Å². The second-order valence-electron chi connectivity index (χ2n) is 9.01. The largest absolute Gasteiger partial charge is 0.374 e. The molecule has 4 aromatic carbocycles. The highest BCUT2D eigenvalue weighted by Crippen LogP contribution is 2.55. The molecule has 0 aliphatic heterocycles. The van der Waals surface area contributed by atoms with Crippen LogP contribution in [0.25, 0.3) is 5.57 Å². The molecule has 0 heterocycles. The summed E-state index contributed by atoms with van der Waals surface area (Å²) in [6, 6.07) is 41.1. The molecule has 0 amide bonds. The first-order valence-corrected chi connectivity index (χ1v) is 12.3. The van der Waals surface area contributed by atoms with E-state index in [0.29, 0.717) is 0 Å². The Bertz CT molecular complexity index is 1310. The van der Waals surface area contributed by atoms with Gasteiger partial charge in [0, 0.05) is 19.3 Å². The Morgan fingerprint density at radius 1 is 0.714 bits per heavy atom. The summed E-state index contributed by atoms with van der Waals surface area (Å²) in [7, 11) is 2.15. The van der Waals surface area contributed by atoms with Gasteiger partial charge in [-0.15, -0.1) is 0 Å². The molecule has 0 aromatic heterocycles. The zero-order chi connectivity index (χ0) is 24.1.